The first kappa shape index (κ1) is 24.3. The van der Waals surface area contributed by atoms with Gasteiger partial charge in [-0.3, -0.25) is 4.79 Å². The molecule has 0 radical (unpaired) electrons. The van der Waals surface area contributed by atoms with E-state index in [1.165, 1.54) is 16.9 Å². The molecule has 6 heteroatoms. The lowest BCUT2D eigenvalue weighted by Crippen LogP contribution is -2.52. The number of benzene rings is 1. The minimum absolute atomic E-state index is 0.00425. The number of urea groups is 1. The Labute approximate surface area is 196 Å². The third kappa shape index (κ3) is 6.83. The Kier molecular flexibility index (Phi) is 9.15. The molecule has 174 valence electrons. The van der Waals surface area contributed by atoms with Gasteiger partial charge < -0.3 is 15.1 Å². The Bertz CT molecular complexity index is 861. The number of carbonyl (C=O) groups is 2. The molecule has 1 atom stereocenters. The fourth-order valence-electron chi connectivity index (χ4n) is 4.17. The van der Waals surface area contributed by atoms with Crippen LogP contribution in [0.1, 0.15) is 68.4 Å². The highest BCUT2D eigenvalue weighted by Gasteiger charge is 2.27. The smallest absolute Gasteiger partial charge is 0.318 e. The summed E-state index contributed by atoms with van der Waals surface area (Å²) in [5.41, 5.74) is 2.30. The second-order valence-corrected chi connectivity index (χ2v) is 9.93. The van der Waals surface area contributed by atoms with Gasteiger partial charge in [-0.2, -0.15) is 0 Å². The molecular weight excluding hydrogens is 418 g/mol. The van der Waals surface area contributed by atoms with Crippen LogP contribution in [-0.2, 0) is 17.9 Å². The minimum atomic E-state index is -0.105. The van der Waals surface area contributed by atoms with Crippen LogP contribution in [0.2, 0.25) is 0 Å². The molecule has 1 aromatic heterocycles. The van der Waals surface area contributed by atoms with E-state index in [0.29, 0.717) is 13.1 Å². The molecule has 1 aliphatic rings. The van der Waals surface area contributed by atoms with E-state index >= 15 is 0 Å². The molecule has 2 aromatic rings. The van der Waals surface area contributed by atoms with E-state index in [2.05, 4.69) is 30.6 Å². The standard InChI is InChI=1S/C26H37N3O2S/c1-4-21(3)29(26(31)27-23-13-9-6-10-14-23)19-25(30)28(17-22-11-7-5-8-12-22)18-24-20(2)15-16-32-24/h5,7-8,11-12,15-16,21,23H,4,6,9-10,13-14,17-19H2,1-3H3,(H,27,31). The summed E-state index contributed by atoms with van der Waals surface area (Å²) >= 11 is 1.68. The van der Waals surface area contributed by atoms with Crippen molar-refractivity contribution in [2.24, 2.45) is 0 Å². The molecule has 32 heavy (non-hydrogen) atoms. The Morgan fingerprint density at radius 3 is 2.44 bits per heavy atom. The first-order valence-electron chi connectivity index (χ1n) is 11.9. The van der Waals surface area contributed by atoms with E-state index < -0.39 is 0 Å². The average Bonchev–Trinajstić information content (AvgIpc) is 3.22. The van der Waals surface area contributed by atoms with E-state index in [1.807, 2.05) is 42.2 Å². The number of hydrogen-bond donors (Lipinski definition) is 1. The van der Waals surface area contributed by atoms with Crippen LogP contribution in [0.4, 0.5) is 4.79 Å². The summed E-state index contributed by atoms with van der Waals surface area (Å²) in [5.74, 6) is -0.0132. The van der Waals surface area contributed by atoms with Crippen molar-refractivity contribution in [2.75, 3.05) is 6.54 Å². The zero-order valence-electron chi connectivity index (χ0n) is 19.7. The molecule has 3 amide bonds. The van der Waals surface area contributed by atoms with Gasteiger partial charge in [0.15, 0.2) is 0 Å². The van der Waals surface area contributed by atoms with E-state index in [0.717, 1.165) is 37.7 Å². The molecular formula is C26H37N3O2S. The Balaban J connectivity index is 1.73. The lowest BCUT2D eigenvalue weighted by Gasteiger charge is -2.33. The fourth-order valence-corrected chi connectivity index (χ4v) is 5.09. The third-order valence-corrected chi connectivity index (χ3v) is 7.50. The zero-order chi connectivity index (χ0) is 22.9. The number of aryl methyl sites for hydroxylation is 1. The van der Waals surface area contributed by atoms with E-state index in [9.17, 15) is 9.59 Å². The summed E-state index contributed by atoms with van der Waals surface area (Å²) < 4.78 is 0. The van der Waals surface area contributed by atoms with Crippen molar-refractivity contribution in [1.29, 1.82) is 0 Å². The molecule has 0 aliphatic heterocycles. The highest BCUT2D eigenvalue weighted by atomic mass is 32.1. The van der Waals surface area contributed by atoms with Gasteiger partial charge >= 0.3 is 6.03 Å². The number of rotatable bonds is 9. The maximum absolute atomic E-state index is 13.5. The third-order valence-electron chi connectivity index (χ3n) is 6.49. The summed E-state index contributed by atoms with van der Waals surface area (Å²) in [6.45, 7) is 7.38. The van der Waals surface area contributed by atoms with Gasteiger partial charge in [0.25, 0.3) is 0 Å². The Morgan fingerprint density at radius 2 is 1.81 bits per heavy atom. The van der Waals surface area contributed by atoms with Gasteiger partial charge in [-0.25, -0.2) is 4.79 Å². The van der Waals surface area contributed by atoms with E-state index in [-0.39, 0.29) is 30.6 Å². The average molecular weight is 456 g/mol. The van der Waals surface area contributed by atoms with Crippen molar-refractivity contribution in [2.45, 2.75) is 84.5 Å². The van der Waals surface area contributed by atoms with Gasteiger partial charge in [-0.1, -0.05) is 56.5 Å². The van der Waals surface area contributed by atoms with Gasteiger partial charge in [-0.05, 0) is 55.7 Å². The lowest BCUT2D eigenvalue weighted by atomic mass is 9.96. The molecule has 1 aliphatic carbocycles. The topological polar surface area (TPSA) is 52.7 Å². The maximum Gasteiger partial charge on any atom is 0.318 e. The van der Waals surface area contributed by atoms with E-state index in [1.54, 1.807) is 16.2 Å². The van der Waals surface area contributed by atoms with Gasteiger partial charge in [0, 0.05) is 23.5 Å². The van der Waals surface area contributed by atoms with Crippen LogP contribution >= 0.6 is 11.3 Å². The van der Waals surface area contributed by atoms with Crippen molar-refractivity contribution < 1.29 is 9.59 Å². The van der Waals surface area contributed by atoms with Gasteiger partial charge in [0.2, 0.25) is 5.91 Å². The second kappa shape index (κ2) is 12.0. The SMILES string of the molecule is CCC(C)N(CC(=O)N(Cc1ccccc1)Cc1sccc1C)C(=O)NC1CCCCC1. The van der Waals surface area contributed by atoms with Crippen LogP contribution < -0.4 is 5.32 Å². The second-order valence-electron chi connectivity index (χ2n) is 8.93. The Hall–Kier alpha value is -2.34. The fraction of sp³-hybridized carbons (Fsp3) is 0.538. The van der Waals surface area contributed by atoms with Crippen LogP contribution in [-0.4, -0.2) is 40.4 Å². The largest absolute Gasteiger partial charge is 0.335 e. The van der Waals surface area contributed by atoms with Crippen LogP contribution in [0.15, 0.2) is 41.8 Å². The summed E-state index contributed by atoms with van der Waals surface area (Å²) in [7, 11) is 0. The number of amides is 3. The molecule has 1 heterocycles. The Morgan fingerprint density at radius 1 is 1.09 bits per heavy atom. The predicted molar refractivity (Wildman–Crippen MR) is 132 cm³/mol. The van der Waals surface area contributed by atoms with Gasteiger partial charge in [-0.15, -0.1) is 11.3 Å². The normalized spacial score (nSPS) is 15.2. The van der Waals surface area contributed by atoms with Gasteiger partial charge in [0.1, 0.15) is 6.54 Å². The van der Waals surface area contributed by atoms with Crippen molar-refractivity contribution >= 4 is 23.3 Å². The molecule has 3 rings (SSSR count). The van der Waals surface area contributed by atoms with Crippen molar-refractivity contribution in [3.05, 3.63) is 57.8 Å². The van der Waals surface area contributed by atoms with Crippen LogP contribution in [0.5, 0.6) is 0 Å². The minimum Gasteiger partial charge on any atom is -0.335 e. The lowest BCUT2D eigenvalue weighted by molar-refractivity contribution is -0.133. The molecule has 0 spiro atoms. The van der Waals surface area contributed by atoms with Crippen molar-refractivity contribution in [1.82, 2.24) is 15.1 Å². The number of hydrogen-bond acceptors (Lipinski definition) is 3. The first-order valence-corrected chi connectivity index (χ1v) is 12.8. The zero-order valence-corrected chi connectivity index (χ0v) is 20.5. The van der Waals surface area contributed by atoms with Crippen LogP contribution in [0.3, 0.4) is 0 Å². The quantitative estimate of drug-likeness (QED) is 0.525. The summed E-state index contributed by atoms with van der Waals surface area (Å²) in [6, 6.07) is 12.3. The maximum atomic E-state index is 13.5. The molecule has 1 saturated carbocycles. The van der Waals surface area contributed by atoms with E-state index in [4.69, 9.17) is 0 Å². The summed E-state index contributed by atoms with van der Waals surface area (Å²) in [5, 5.41) is 5.27. The van der Waals surface area contributed by atoms with Crippen LogP contribution in [0.25, 0.3) is 0 Å². The molecule has 0 saturated heterocycles. The number of carbonyl (C=O) groups excluding carboxylic acids is 2. The molecule has 1 N–H and O–H groups in total. The first-order chi connectivity index (χ1) is 15.5. The summed E-state index contributed by atoms with van der Waals surface area (Å²) in [6.07, 6.45) is 6.46. The highest BCUT2D eigenvalue weighted by Crippen LogP contribution is 2.21. The van der Waals surface area contributed by atoms with Gasteiger partial charge in [0.05, 0.1) is 6.54 Å². The predicted octanol–water partition coefficient (Wildman–Crippen LogP) is 5.73. The molecule has 5 nitrogen and oxygen atoms in total. The van der Waals surface area contributed by atoms with Crippen LogP contribution in [0, 0.1) is 6.92 Å². The highest BCUT2D eigenvalue weighted by molar-refractivity contribution is 7.10. The molecule has 1 fully saturated rings. The number of thiophene rings is 1. The molecule has 1 unspecified atom stereocenters. The number of nitrogens with zero attached hydrogens (tertiary/aromatic N) is 2. The van der Waals surface area contributed by atoms with Crippen molar-refractivity contribution in [3.63, 3.8) is 0 Å². The molecule has 0 bridgehead atoms. The van der Waals surface area contributed by atoms with Crippen molar-refractivity contribution in [3.8, 4) is 0 Å². The molecule has 1 aromatic carbocycles. The number of nitrogens with one attached hydrogen (secondary N) is 1. The monoisotopic (exact) mass is 455 g/mol. The summed E-state index contributed by atoms with van der Waals surface area (Å²) in [4.78, 5) is 31.5.